The highest BCUT2D eigenvalue weighted by atomic mass is 32.1. The highest BCUT2D eigenvalue weighted by Crippen LogP contribution is 2.30. The minimum Gasteiger partial charge on any atom is -0.503 e. The van der Waals surface area contributed by atoms with Crippen LogP contribution in [0.15, 0.2) is 24.5 Å². The van der Waals surface area contributed by atoms with Crippen LogP contribution in [0, 0.1) is 13.8 Å². The third kappa shape index (κ3) is 5.72. The van der Waals surface area contributed by atoms with Gasteiger partial charge in [-0.1, -0.05) is 23.8 Å². The largest absolute Gasteiger partial charge is 0.503 e. The molecule has 1 aromatic heterocycles. The molecule has 1 N–H and O–H groups in total. The Kier molecular flexibility index (Phi) is 6.48. The summed E-state index contributed by atoms with van der Waals surface area (Å²) >= 11 is 0.921. The number of thiazole rings is 1. The number of alkyl halides is 3. The molecule has 1 aromatic carbocycles. The van der Waals surface area contributed by atoms with Gasteiger partial charge in [0.05, 0.1) is 24.7 Å². The van der Waals surface area contributed by atoms with Gasteiger partial charge in [0.2, 0.25) is 5.88 Å². The summed E-state index contributed by atoms with van der Waals surface area (Å²) in [7, 11) is 1.34. The van der Waals surface area contributed by atoms with E-state index in [-0.39, 0.29) is 23.1 Å². The fourth-order valence-corrected chi connectivity index (χ4v) is 3.29. The average Bonchev–Trinajstić information content (AvgIpc) is 2.88. The number of carbonyl (C=O) groups is 1. The first-order valence-electron chi connectivity index (χ1n) is 7.82. The van der Waals surface area contributed by atoms with Gasteiger partial charge in [0.1, 0.15) is 17.2 Å². The van der Waals surface area contributed by atoms with Gasteiger partial charge in [0.25, 0.3) is 0 Å². The topological polar surface area (TPSA) is 68.7 Å². The molecule has 0 saturated heterocycles. The standard InChI is InChI=1S/C18H18F3NO4S/c1-10-4-5-12(13(6-10)14(9-25-3)17(23)24)8-26-16-11(2)27-15(22-16)7-18(19,20)21/h4-6,9H,7-8H2,1-3H3,(H,23,24)/b14-9+. The molecule has 2 rings (SSSR count). The number of carboxylic acid groups (broad SMARTS) is 1. The summed E-state index contributed by atoms with van der Waals surface area (Å²) in [5.74, 6) is -1.06. The normalized spacial score (nSPS) is 12.1. The molecule has 0 bridgehead atoms. The van der Waals surface area contributed by atoms with Crippen molar-refractivity contribution in [2.45, 2.75) is 33.1 Å². The van der Waals surface area contributed by atoms with Crippen molar-refractivity contribution >= 4 is 22.9 Å². The molecule has 146 valence electrons. The molecule has 0 amide bonds. The van der Waals surface area contributed by atoms with E-state index in [4.69, 9.17) is 9.47 Å². The lowest BCUT2D eigenvalue weighted by Gasteiger charge is -2.12. The Morgan fingerprint density at radius 3 is 2.63 bits per heavy atom. The van der Waals surface area contributed by atoms with Crippen molar-refractivity contribution in [3.63, 3.8) is 0 Å². The molecule has 5 nitrogen and oxygen atoms in total. The maximum absolute atomic E-state index is 12.5. The molecular formula is C18H18F3NO4S. The van der Waals surface area contributed by atoms with Crippen molar-refractivity contribution in [2.75, 3.05) is 7.11 Å². The zero-order valence-electron chi connectivity index (χ0n) is 14.9. The van der Waals surface area contributed by atoms with E-state index < -0.39 is 18.6 Å². The van der Waals surface area contributed by atoms with Gasteiger partial charge < -0.3 is 14.6 Å². The Labute approximate surface area is 158 Å². The fraction of sp³-hybridized carbons (Fsp3) is 0.333. The quantitative estimate of drug-likeness (QED) is 0.546. The maximum Gasteiger partial charge on any atom is 0.395 e. The first kappa shape index (κ1) is 20.8. The zero-order valence-corrected chi connectivity index (χ0v) is 15.7. The van der Waals surface area contributed by atoms with E-state index in [1.54, 1.807) is 25.1 Å². The van der Waals surface area contributed by atoms with E-state index in [9.17, 15) is 23.1 Å². The number of aliphatic carboxylic acids is 1. The predicted octanol–water partition coefficient (Wildman–Crippen LogP) is 4.52. The van der Waals surface area contributed by atoms with Crippen LogP contribution in [-0.4, -0.2) is 29.3 Å². The summed E-state index contributed by atoms with van der Waals surface area (Å²) in [6.45, 7) is 3.39. The minimum absolute atomic E-state index is 0.0417. The molecule has 0 fully saturated rings. The van der Waals surface area contributed by atoms with Crippen molar-refractivity contribution < 1.29 is 32.5 Å². The minimum atomic E-state index is -4.34. The Bertz CT molecular complexity index is 859. The van der Waals surface area contributed by atoms with Crippen molar-refractivity contribution in [2.24, 2.45) is 0 Å². The van der Waals surface area contributed by atoms with Crippen LogP contribution in [0.2, 0.25) is 0 Å². The van der Waals surface area contributed by atoms with Crippen LogP contribution in [0.25, 0.3) is 5.57 Å². The monoisotopic (exact) mass is 401 g/mol. The van der Waals surface area contributed by atoms with E-state index in [2.05, 4.69) is 4.98 Å². The number of carboxylic acids is 1. The van der Waals surface area contributed by atoms with Gasteiger partial charge in [0, 0.05) is 0 Å². The zero-order chi connectivity index (χ0) is 20.2. The predicted molar refractivity (Wildman–Crippen MR) is 94.7 cm³/mol. The molecule has 0 saturated carbocycles. The fourth-order valence-electron chi connectivity index (χ4n) is 2.38. The second-order valence-electron chi connectivity index (χ2n) is 5.78. The summed E-state index contributed by atoms with van der Waals surface area (Å²) in [6, 6.07) is 5.17. The number of halogens is 3. The molecule has 2 aromatic rings. The second kappa shape index (κ2) is 8.43. The highest BCUT2D eigenvalue weighted by molar-refractivity contribution is 7.11. The van der Waals surface area contributed by atoms with Crippen LogP contribution in [-0.2, 0) is 22.6 Å². The smallest absolute Gasteiger partial charge is 0.395 e. The Hall–Kier alpha value is -2.55. The summed E-state index contributed by atoms with van der Waals surface area (Å²) in [5.41, 5.74) is 1.76. The van der Waals surface area contributed by atoms with E-state index in [0.717, 1.165) is 23.2 Å². The van der Waals surface area contributed by atoms with Crippen LogP contribution in [0.3, 0.4) is 0 Å². The summed E-state index contributed by atoms with van der Waals surface area (Å²) in [4.78, 5) is 15.9. The number of ether oxygens (including phenoxy) is 2. The van der Waals surface area contributed by atoms with Gasteiger partial charge in [-0.25, -0.2) is 9.78 Å². The molecule has 27 heavy (non-hydrogen) atoms. The summed E-state index contributed by atoms with van der Waals surface area (Å²) < 4.78 is 48.0. The average molecular weight is 401 g/mol. The Morgan fingerprint density at radius 2 is 2.04 bits per heavy atom. The van der Waals surface area contributed by atoms with Gasteiger partial charge >= 0.3 is 12.1 Å². The number of nitrogens with zero attached hydrogens (tertiary/aromatic N) is 1. The SMILES string of the molecule is CO/C=C(/C(=O)O)c1cc(C)ccc1COc1nc(CC(F)(F)F)sc1C. The second-order valence-corrected chi connectivity index (χ2v) is 7.07. The van der Waals surface area contributed by atoms with Crippen LogP contribution < -0.4 is 4.74 Å². The highest BCUT2D eigenvalue weighted by Gasteiger charge is 2.30. The van der Waals surface area contributed by atoms with Gasteiger partial charge in [-0.3, -0.25) is 0 Å². The molecule has 0 unspecified atom stereocenters. The lowest BCUT2D eigenvalue weighted by atomic mass is 9.98. The molecule has 0 spiro atoms. The molecule has 0 aliphatic heterocycles. The number of rotatable bonds is 7. The third-order valence-electron chi connectivity index (χ3n) is 3.54. The summed E-state index contributed by atoms with van der Waals surface area (Å²) in [6.07, 6.45) is -4.33. The van der Waals surface area contributed by atoms with Crippen LogP contribution in [0.5, 0.6) is 5.88 Å². The Balaban J connectivity index is 2.26. The number of hydrogen-bond donors (Lipinski definition) is 1. The molecular weight excluding hydrogens is 383 g/mol. The van der Waals surface area contributed by atoms with Gasteiger partial charge in [-0.15, -0.1) is 11.3 Å². The van der Waals surface area contributed by atoms with Gasteiger partial charge in [-0.05, 0) is 25.0 Å². The number of aryl methyl sites for hydroxylation is 2. The van der Waals surface area contributed by atoms with Crippen molar-refractivity contribution in [3.05, 3.63) is 51.0 Å². The number of methoxy groups -OCH3 is 1. The lowest BCUT2D eigenvalue weighted by molar-refractivity contribution is -0.130. The molecule has 9 heteroatoms. The maximum atomic E-state index is 12.5. The van der Waals surface area contributed by atoms with Crippen molar-refractivity contribution in [1.82, 2.24) is 4.98 Å². The summed E-state index contributed by atoms with van der Waals surface area (Å²) in [5, 5.41) is 9.33. The van der Waals surface area contributed by atoms with E-state index >= 15 is 0 Å². The molecule has 0 aliphatic carbocycles. The Morgan fingerprint density at radius 1 is 1.33 bits per heavy atom. The number of benzene rings is 1. The van der Waals surface area contributed by atoms with Crippen LogP contribution in [0.4, 0.5) is 13.2 Å². The molecule has 0 atom stereocenters. The number of hydrogen-bond acceptors (Lipinski definition) is 5. The van der Waals surface area contributed by atoms with E-state index in [0.29, 0.717) is 16.0 Å². The van der Waals surface area contributed by atoms with E-state index in [1.165, 1.54) is 7.11 Å². The number of aromatic nitrogens is 1. The van der Waals surface area contributed by atoms with E-state index in [1.807, 2.05) is 6.92 Å². The molecule has 1 heterocycles. The van der Waals surface area contributed by atoms with Gasteiger partial charge in [-0.2, -0.15) is 13.2 Å². The third-order valence-corrected chi connectivity index (χ3v) is 4.49. The van der Waals surface area contributed by atoms with Crippen molar-refractivity contribution in [3.8, 4) is 5.88 Å². The van der Waals surface area contributed by atoms with Crippen LogP contribution >= 0.6 is 11.3 Å². The first-order chi connectivity index (χ1) is 12.6. The molecule has 0 radical (unpaired) electrons. The van der Waals surface area contributed by atoms with Crippen molar-refractivity contribution in [1.29, 1.82) is 0 Å². The lowest BCUT2D eigenvalue weighted by Crippen LogP contribution is -2.11. The first-order valence-corrected chi connectivity index (χ1v) is 8.64. The van der Waals surface area contributed by atoms with Crippen LogP contribution in [0.1, 0.15) is 26.6 Å². The molecule has 0 aliphatic rings. The van der Waals surface area contributed by atoms with Gasteiger partial charge in [0.15, 0.2) is 0 Å².